The molecule has 98 valence electrons. The molecule has 6 nitrogen and oxygen atoms in total. The number of hydrogen-bond donors (Lipinski definition) is 5. The fourth-order valence-corrected chi connectivity index (χ4v) is 1.64. The molecule has 2 aromatic rings. The second kappa shape index (κ2) is 5.26. The first kappa shape index (κ1) is 12.7. The van der Waals surface area contributed by atoms with E-state index in [1.54, 1.807) is 24.3 Å². The number of pyridine rings is 1. The number of H-pyrrole nitrogens is 1. The summed E-state index contributed by atoms with van der Waals surface area (Å²) in [5.74, 6) is 0.148. The molecule has 0 spiro atoms. The van der Waals surface area contributed by atoms with Crippen LogP contribution < -0.4 is 16.6 Å². The Morgan fingerprint density at radius 3 is 2.63 bits per heavy atom. The number of aromatic nitrogens is 1. The van der Waals surface area contributed by atoms with Crippen LogP contribution in [0.15, 0.2) is 41.3 Å². The number of aromatic amines is 1. The van der Waals surface area contributed by atoms with Gasteiger partial charge in [-0.05, 0) is 23.8 Å². The molecule has 0 aliphatic rings. The predicted octanol–water partition coefficient (Wildman–Crippen LogP) is 0.778. The minimum Gasteiger partial charge on any atom is -0.508 e. The maximum atomic E-state index is 11.6. The molecule has 19 heavy (non-hydrogen) atoms. The Morgan fingerprint density at radius 1 is 1.32 bits per heavy atom. The topological polar surface area (TPSA) is 115 Å². The number of anilines is 1. The van der Waals surface area contributed by atoms with E-state index in [2.05, 4.69) is 10.3 Å². The molecule has 0 aliphatic carbocycles. The van der Waals surface area contributed by atoms with E-state index in [-0.39, 0.29) is 22.8 Å². The molecule has 6 N–H and O–H groups in total. The van der Waals surface area contributed by atoms with Crippen LogP contribution in [0.4, 0.5) is 5.69 Å². The van der Waals surface area contributed by atoms with Crippen molar-refractivity contribution in [2.24, 2.45) is 0 Å². The van der Waals surface area contributed by atoms with Crippen molar-refractivity contribution < 1.29 is 5.11 Å². The Bertz CT molecular complexity index is 646. The number of hydrogen-bond acceptors (Lipinski definition) is 4. The van der Waals surface area contributed by atoms with Crippen molar-refractivity contribution in [2.75, 3.05) is 5.73 Å². The number of nitrogens with two attached hydrogens (primary N) is 1. The van der Waals surface area contributed by atoms with Crippen LogP contribution in [0.3, 0.4) is 0 Å². The number of nitrogen functional groups attached to an aromatic ring is 1. The van der Waals surface area contributed by atoms with E-state index in [9.17, 15) is 4.79 Å². The normalized spacial score (nSPS) is 10.1. The summed E-state index contributed by atoms with van der Waals surface area (Å²) in [4.78, 5) is 14.1. The van der Waals surface area contributed by atoms with Gasteiger partial charge in [-0.1, -0.05) is 12.1 Å². The molecule has 0 amide bonds. The summed E-state index contributed by atoms with van der Waals surface area (Å²) >= 11 is 0. The van der Waals surface area contributed by atoms with Crippen LogP contribution in [0.1, 0.15) is 11.1 Å². The summed E-state index contributed by atoms with van der Waals surface area (Å²) < 4.78 is 0. The van der Waals surface area contributed by atoms with Crippen LogP contribution in [0.5, 0.6) is 5.75 Å². The van der Waals surface area contributed by atoms with Crippen LogP contribution >= 0.6 is 0 Å². The van der Waals surface area contributed by atoms with Gasteiger partial charge >= 0.3 is 0 Å². The third-order valence-corrected chi connectivity index (χ3v) is 2.65. The summed E-state index contributed by atoms with van der Waals surface area (Å²) in [5.41, 5.74) is 6.54. The summed E-state index contributed by atoms with van der Waals surface area (Å²) in [7, 11) is 0. The zero-order valence-electron chi connectivity index (χ0n) is 10.1. The van der Waals surface area contributed by atoms with Crippen LogP contribution in [0.2, 0.25) is 0 Å². The third kappa shape index (κ3) is 2.92. The van der Waals surface area contributed by atoms with E-state index in [0.29, 0.717) is 6.54 Å². The summed E-state index contributed by atoms with van der Waals surface area (Å²) in [6.07, 6.45) is 1.44. The zero-order valence-corrected chi connectivity index (χ0v) is 10.1. The fourth-order valence-electron chi connectivity index (χ4n) is 1.64. The van der Waals surface area contributed by atoms with Crippen LogP contribution in [0.25, 0.3) is 0 Å². The molecule has 0 bridgehead atoms. The zero-order chi connectivity index (χ0) is 13.8. The van der Waals surface area contributed by atoms with Gasteiger partial charge in [0.1, 0.15) is 17.1 Å². The Morgan fingerprint density at radius 2 is 2.00 bits per heavy atom. The van der Waals surface area contributed by atoms with Gasteiger partial charge in [0.15, 0.2) is 0 Å². The first-order chi connectivity index (χ1) is 9.08. The Kier molecular flexibility index (Phi) is 3.51. The molecule has 0 fully saturated rings. The molecular formula is C13H14N4O2. The minimum atomic E-state index is -0.400. The lowest BCUT2D eigenvalue weighted by Crippen LogP contribution is -2.30. The number of benzene rings is 1. The number of aromatic hydroxyl groups is 1. The molecule has 1 aromatic carbocycles. The van der Waals surface area contributed by atoms with Crippen LogP contribution in [0, 0.1) is 5.41 Å². The highest BCUT2D eigenvalue weighted by molar-refractivity contribution is 6.00. The quantitative estimate of drug-likeness (QED) is 0.413. The fraction of sp³-hybridized carbons (Fsp3) is 0.0769. The van der Waals surface area contributed by atoms with Crippen molar-refractivity contribution in [3.05, 3.63) is 58.0 Å². The van der Waals surface area contributed by atoms with Gasteiger partial charge < -0.3 is 21.1 Å². The van der Waals surface area contributed by atoms with Gasteiger partial charge in [-0.25, -0.2) is 0 Å². The van der Waals surface area contributed by atoms with Gasteiger partial charge in [0.05, 0.1) is 0 Å². The second-order valence-electron chi connectivity index (χ2n) is 4.03. The van der Waals surface area contributed by atoms with Crippen molar-refractivity contribution in [3.63, 3.8) is 0 Å². The van der Waals surface area contributed by atoms with Crippen molar-refractivity contribution in [3.8, 4) is 5.75 Å². The second-order valence-corrected chi connectivity index (χ2v) is 4.03. The van der Waals surface area contributed by atoms with Crippen molar-refractivity contribution >= 4 is 11.5 Å². The minimum absolute atomic E-state index is 0.0348. The summed E-state index contributed by atoms with van der Waals surface area (Å²) in [5, 5.41) is 19.8. The first-order valence-corrected chi connectivity index (χ1v) is 5.66. The van der Waals surface area contributed by atoms with E-state index in [1.165, 1.54) is 12.3 Å². The Labute approximate surface area is 109 Å². The molecule has 0 saturated carbocycles. The first-order valence-electron chi connectivity index (χ1n) is 5.66. The summed E-state index contributed by atoms with van der Waals surface area (Å²) in [6, 6.07) is 8.12. The standard InChI is InChI=1S/C13H14N4O2/c14-10-5-6-16-13(19)11(10)12(15)17-7-8-1-3-9(18)4-2-8/h1-6,18H,7H2,(H2,15,17)(H3,14,16,19). The number of nitrogens with one attached hydrogen (secondary N) is 3. The molecule has 0 aliphatic heterocycles. The van der Waals surface area contributed by atoms with Gasteiger partial charge in [0, 0.05) is 18.4 Å². The smallest absolute Gasteiger partial charge is 0.261 e. The maximum Gasteiger partial charge on any atom is 0.261 e. The van der Waals surface area contributed by atoms with Crippen molar-refractivity contribution in [2.45, 2.75) is 6.54 Å². The molecule has 0 atom stereocenters. The number of phenols is 1. The van der Waals surface area contributed by atoms with Gasteiger partial charge in [-0.2, -0.15) is 0 Å². The Hall–Kier alpha value is -2.76. The lowest BCUT2D eigenvalue weighted by Gasteiger charge is -2.09. The van der Waals surface area contributed by atoms with Gasteiger partial charge in [-0.15, -0.1) is 0 Å². The highest BCUT2D eigenvalue weighted by Crippen LogP contribution is 2.10. The van der Waals surface area contributed by atoms with Crippen molar-refractivity contribution in [1.82, 2.24) is 10.3 Å². The highest BCUT2D eigenvalue weighted by atomic mass is 16.3. The van der Waals surface area contributed by atoms with Crippen molar-refractivity contribution in [1.29, 1.82) is 5.41 Å². The number of phenolic OH excluding ortho intramolecular Hbond substituents is 1. The van der Waals surface area contributed by atoms with Crippen LogP contribution in [-0.2, 0) is 6.54 Å². The van der Waals surface area contributed by atoms with Gasteiger partial charge in [-0.3, -0.25) is 10.2 Å². The maximum absolute atomic E-state index is 11.6. The van der Waals surface area contributed by atoms with Gasteiger partial charge in [0.2, 0.25) is 0 Å². The largest absolute Gasteiger partial charge is 0.508 e. The molecule has 0 saturated heterocycles. The van der Waals surface area contributed by atoms with E-state index in [1.807, 2.05) is 0 Å². The molecule has 1 heterocycles. The lowest BCUT2D eigenvalue weighted by molar-refractivity contribution is 0.475. The molecular weight excluding hydrogens is 244 g/mol. The van der Waals surface area contributed by atoms with Crippen LogP contribution in [-0.4, -0.2) is 15.9 Å². The summed E-state index contributed by atoms with van der Waals surface area (Å²) in [6.45, 7) is 0.368. The third-order valence-electron chi connectivity index (χ3n) is 2.65. The molecule has 1 aromatic heterocycles. The van der Waals surface area contributed by atoms with Gasteiger partial charge in [0.25, 0.3) is 5.56 Å². The number of rotatable bonds is 3. The molecule has 6 heteroatoms. The molecule has 0 unspecified atom stereocenters. The van der Waals surface area contributed by atoms with E-state index >= 15 is 0 Å². The predicted molar refractivity (Wildman–Crippen MR) is 73.3 cm³/mol. The number of amidine groups is 1. The average Bonchev–Trinajstić information content (AvgIpc) is 2.38. The highest BCUT2D eigenvalue weighted by Gasteiger charge is 2.09. The molecule has 0 radical (unpaired) electrons. The Balaban J connectivity index is 2.10. The van der Waals surface area contributed by atoms with E-state index in [4.69, 9.17) is 16.2 Å². The monoisotopic (exact) mass is 258 g/mol. The van der Waals surface area contributed by atoms with E-state index in [0.717, 1.165) is 5.56 Å². The SMILES string of the molecule is N=C(NCc1ccc(O)cc1)c1c(N)cc[nH]c1=O. The van der Waals surface area contributed by atoms with E-state index < -0.39 is 5.56 Å². The molecule has 2 rings (SSSR count). The lowest BCUT2D eigenvalue weighted by atomic mass is 10.2. The average molecular weight is 258 g/mol.